The Labute approximate surface area is 133 Å². The minimum atomic E-state index is -3.13. The molecule has 0 aromatic heterocycles. The number of carboxylic acid groups (broad SMARTS) is 1. The fourth-order valence-corrected chi connectivity index (χ4v) is 3.77. The van der Waals surface area contributed by atoms with E-state index in [1.54, 1.807) is 24.3 Å². The second kappa shape index (κ2) is 10.4. The molecule has 0 radical (unpaired) electrons. The predicted octanol–water partition coefficient (Wildman–Crippen LogP) is 4.06. The number of carbonyl (C=O) groups is 1. The number of carboxylic acids is 1. The van der Waals surface area contributed by atoms with Crippen LogP contribution >= 0.6 is 0 Å². The van der Waals surface area contributed by atoms with Crippen LogP contribution in [0, 0.1) is 0 Å². The van der Waals surface area contributed by atoms with Crippen LogP contribution in [-0.2, 0) is 14.6 Å². The van der Waals surface area contributed by atoms with Crippen molar-refractivity contribution in [3.63, 3.8) is 0 Å². The summed E-state index contributed by atoms with van der Waals surface area (Å²) < 4.78 is 24.1. The Hall–Kier alpha value is -1.36. The lowest BCUT2D eigenvalue weighted by atomic mass is 10.1. The molecular weight excluding hydrogens is 300 g/mol. The molecule has 0 bridgehead atoms. The smallest absolute Gasteiger partial charge is 0.303 e. The maximum absolute atomic E-state index is 12.0. The van der Waals surface area contributed by atoms with Gasteiger partial charge in [-0.05, 0) is 25.0 Å². The quantitative estimate of drug-likeness (QED) is 0.588. The van der Waals surface area contributed by atoms with Crippen molar-refractivity contribution in [1.29, 1.82) is 0 Å². The van der Waals surface area contributed by atoms with Crippen molar-refractivity contribution in [2.45, 2.75) is 62.7 Å². The van der Waals surface area contributed by atoms with Gasteiger partial charge in [-0.3, -0.25) is 4.79 Å². The standard InChI is InChI=1S/C17H26O4S/c18-17(19)14-10-5-3-1-2-4-6-11-15-22(20,21)16-12-8-7-9-13-16/h7-9,12-13H,1-6,10-11,14-15H2,(H,18,19). The van der Waals surface area contributed by atoms with Gasteiger partial charge in [-0.25, -0.2) is 8.42 Å². The highest BCUT2D eigenvalue weighted by atomic mass is 32.2. The van der Waals surface area contributed by atoms with Crippen LogP contribution in [0.5, 0.6) is 0 Å². The van der Waals surface area contributed by atoms with Crippen molar-refractivity contribution in [3.05, 3.63) is 30.3 Å². The molecule has 5 heteroatoms. The number of hydrogen-bond acceptors (Lipinski definition) is 3. The molecule has 0 unspecified atom stereocenters. The zero-order chi connectivity index (χ0) is 16.3. The minimum absolute atomic E-state index is 0.218. The Morgan fingerprint density at radius 1 is 0.818 bits per heavy atom. The van der Waals surface area contributed by atoms with E-state index in [-0.39, 0.29) is 12.2 Å². The van der Waals surface area contributed by atoms with Gasteiger partial charge in [-0.2, -0.15) is 0 Å². The summed E-state index contributed by atoms with van der Waals surface area (Å²) in [5, 5.41) is 8.51. The molecule has 4 nitrogen and oxygen atoms in total. The Kier molecular flexibility index (Phi) is 8.82. The first-order valence-corrected chi connectivity index (χ1v) is 9.67. The first-order chi connectivity index (χ1) is 10.5. The summed E-state index contributed by atoms with van der Waals surface area (Å²) in [6, 6.07) is 8.60. The molecule has 0 aliphatic carbocycles. The van der Waals surface area contributed by atoms with Gasteiger partial charge in [-0.1, -0.05) is 56.7 Å². The van der Waals surface area contributed by atoms with E-state index >= 15 is 0 Å². The van der Waals surface area contributed by atoms with Crippen LogP contribution in [0.1, 0.15) is 57.8 Å². The number of sulfone groups is 1. The van der Waals surface area contributed by atoms with E-state index in [0.29, 0.717) is 11.3 Å². The lowest BCUT2D eigenvalue weighted by Crippen LogP contribution is -2.06. The molecule has 22 heavy (non-hydrogen) atoms. The maximum Gasteiger partial charge on any atom is 0.303 e. The molecule has 124 valence electrons. The fraction of sp³-hybridized carbons (Fsp3) is 0.588. The maximum atomic E-state index is 12.0. The zero-order valence-corrected chi connectivity index (χ0v) is 13.9. The molecule has 1 rings (SSSR count). The van der Waals surface area contributed by atoms with Gasteiger partial charge >= 0.3 is 5.97 Å². The number of hydrogen-bond donors (Lipinski definition) is 1. The lowest BCUT2D eigenvalue weighted by molar-refractivity contribution is -0.137. The molecule has 0 aliphatic heterocycles. The number of aliphatic carboxylic acids is 1. The Balaban J connectivity index is 2.03. The summed E-state index contributed by atoms with van der Waals surface area (Å²) >= 11 is 0. The monoisotopic (exact) mass is 326 g/mol. The van der Waals surface area contributed by atoms with Gasteiger partial charge in [0.05, 0.1) is 10.6 Å². The van der Waals surface area contributed by atoms with Gasteiger partial charge in [0, 0.05) is 6.42 Å². The van der Waals surface area contributed by atoms with Crippen molar-refractivity contribution in [2.24, 2.45) is 0 Å². The van der Waals surface area contributed by atoms with Crippen molar-refractivity contribution in [3.8, 4) is 0 Å². The lowest BCUT2D eigenvalue weighted by Gasteiger charge is -2.04. The zero-order valence-electron chi connectivity index (χ0n) is 13.0. The van der Waals surface area contributed by atoms with E-state index in [0.717, 1.165) is 44.9 Å². The first-order valence-electron chi connectivity index (χ1n) is 8.02. The first kappa shape index (κ1) is 18.7. The van der Waals surface area contributed by atoms with Crippen LogP contribution in [0.2, 0.25) is 0 Å². The molecule has 1 aromatic carbocycles. The van der Waals surface area contributed by atoms with Crippen molar-refractivity contribution < 1.29 is 18.3 Å². The van der Waals surface area contributed by atoms with Crippen LogP contribution in [0.25, 0.3) is 0 Å². The van der Waals surface area contributed by atoms with E-state index in [2.05, 4.69) is 0 Å². The molecule has 1 N–H and O–H groups in total. The van der Waals surface area contributed by atoms with Crippen molar-refractivity contribution in [2.75, 3.05) is 5.75 Å². The van der Waals surface area contributed by atoms with Gasteiger partial charge in [0.2, 0.25) is 0 Å². The van der Waals surface area contributed by atoms with Crippen molar-refractivity contribution >= 4 is 15.8 Å². The SMILES string of the molecule is O=C(O)CCCCCCCCCCS(=O)(=O)c1ccccc1. The topological polar surface area (TPSA) is 71.4 Å². The molecule has 0 amide bonds. The van der Waals surface area contributed by atoms with Crippen LogP contribution in [0.4, 0.5) is 0 Å². The third kappa shape index (κ3) is 8.17. The van der Waals surface area contributed by atoms with E-state index in [9.17, 15) is 13.2 Å². The molecule has 0 saturated heterocycles. The second-order valence-electron chi connectivity index (χ2n) is 5.60. The summed E-state index contributed by atoms with van der Waals surface area (Å²) in [5.74, 6) is -0.505. The summed E-state index contributed by atoms with van der Waals surface area (Å²) in [4.78, 5) is 10.8. The summed E-state index contributed by atoms with van der Waals surface area (Å²) in [6.07, 6.45) is 7.93. The van der Waals surface area contributed by atoms with Crippen LogP contribution in [-0.4, -0.2) is 25.2 Å². The molecule has 0 fully saturated rings. The van der Waals surface area contributed by atoms with Crippen LogP contribution in [0.15, 0.2) is 35.2 Å². The number of benzene rings is 1. The summed E-state index contributed by atoms with van der Waals surface area (Å²) in [6.45, 7) is 0. The third-order valence-electron chi connectivity index (χ3n) is 3.66. The molecule has 0 spiro atoms. The molecule has 0 atom stereocenters. The average molecular weight is 326 g/mol. The average Bonchev–Trinajstić information content (AvgIpc) is 2.49. The van der Waals surface area contributed by atoms with E-state index < -0.39 is 15.8 Å². The summed E-state index contributed by atoms with van der Waals surface area (Å²) in [7, 11) is -3.13. The predicted molar refractivity (Wildman–Crippen MR) is 87.7 cm³/mol. The normalized spacial score (nSPS) is 11.5. The van der Waals surface area contributed by atoms with Gasteiger partial charge in [0.25, 0.3) is 0 Å². The van der Waals surface area contributed by atoms with Crippen LogP contribution in [0.3, 0.4) is 0 Å². The largest absolute Gasteiger partial charge is 0.481 e. The van der Waals surface area contributed by atoms with Gasteiger partial charge in [0.1, 0.15) is 0 Å². The molecular formula is C17H26O4S. The van der Waals surface area contributed by atoms with E-state index in [1.165, 1.54) is 0 Å². The molecule has 0 heterocycles. The molecule has 0 aliphatic rings. The third-order valence-corrected chi connectivity index (χ3v) is 5.47. The number of rotatable bonds is 12. The molecule has 1 aromatic rings. The van der Waals surface area contributed by atoms with Crippen LogP contribution < -0.4 is 0 Å². The van der Waals surface area contributed by atoms with E-state index in [1.807, 2.05) is 6.07 Å². The van der Waals surface area contributed by atoms with Gasteiger partial charge in [-0.15, -0.1) is 0 Å². The molecule has 0 saturated carbocycles. The summed E-state index contributed by atoms with van der Waals surface area (Å²) in [5.41, 5.74) is 0. The van der Waals surface area contributed by atoms with Gasteiger partial charge < -0.3 is 5.11 Å². The Morgan fingerprint density at radius 3 is 1.86 bits per heavy atom. The number of unbranched alkanes of at least 4 members (excludes halogenated alkanes) is 7. The highest BCUT2D eigenvalue weighted by molar-refractivity contribution is 7.91. The minimum Gasteiger partial charge on any atom is -0.481 e. The highest BCUT2D eigenvalue weighted by Gasteiger charge is 2.12. The highest BCUT2D eigenvalue weighted by Crippen LogP contribution is 2.14. The Morgan fingerprint density at radius 2 is 1.32 bits per heavy atom. The Bertz CT molecular complexity index is 523. The van der Waals surface area contributed by atoms with Gasteiger partial charge in [0.15, 0.2) is 9.84 Å². The second-order valence-corrected chi connectivity index (χ2v) is 7.71. The van der Waals surface area contributed by atoms with Crippen molar-refractivity contribution in [1.82, 2.24) is 0 Å². The fourth-order valence-electron chi connectivity index (χ4n) is 2.37. The van der Waals surface area contributed by atoms with E-state index in [4.69, 9.17) is 5.11 Å².